The highest BCUT2D eigenvalue weighted by Gasteiger charge is 2.11. The average molecular weight is 386 g/mol. The molecule has 0 heterocycles. The van der Waals surface area contributed by atoms with E-state index >= 15 is 0 Å². The molecular weight excluding hydrogens is 342 g/mol. The number of esters is 1. The standard InChI is InChI=1S/C22H43NO4/c1-2-3-4-5-6-7-8-9-10-11-12-13-14-15-16-17-20(23)27-22(26)19-18-21(24)25/h20H,2-19,23H2,1H3,(H,24,25). The number of hydrogen-bond acceptors (Lipinski definition) is 4. The zero-order valence-corrected chi connectivity index (χ0v) is 17.6. The number of carbonyl (C=O) groups is 2. The van der Waals surface area contributed by atoms with Crippen LogP contribution in [0.15, 0.2) is 0 Å². The van der Waals surface area contributed by atoms with Crippen molar-refractivity contribution in [2.45, 2.75) is 129 Å². The molecule has 0 saturated heterocycles. The van der Waals surface area contributed by atoms with Crippen LogP contribution >= 0.6 is 0 Å². The van der Waals surface area contributed by atoms with Crippen LogP contribution in [0.3, 0.4) is 0 Å². The second-order valence-corrected chi connectivity index (χ2v) is 7.66. The number of aliphatic carboxylic acids is 1. The number of nitrogens with two attached hydrogens (primary N) is 1. The van der Waals surface area contributed by atoms with Gasteiger partial charge in [-0.1, -0.05) is 96.8 Å². The summed E-state index contributed by atoms with van der Waals surface area (Å²) in [5, 5.41) is 8.51. The van der Waals surface area contributed by atoms with Crippen molar-refractivity contribution >= 4 is 11.9 Å². The van der Waals surface area contributed by atoms with Crippen LogP contribution in [-0.4, -0.2) is 23.3 Å². The Kier molecular flexibility index (Phi) is 18.9. The molecule has 0 saturated carbocycles. The first-order chi connectivity index (χ1) is 13.1. The first-order valence-corrected chi connectivity index (χ1v) is 11.2. The summed E-state index contributed by atoms with van der Waals surface area (Å²) >= 11 is 0. The van der Waals surface area contributed by atoms with Crippen LogP contribution in [0.2, 0.25) is 0 Å². The van der Waals surface area contributed by atoms with Crippen molar-refractivity contribution in [1.82, 2.24) is 0 Å². The summed E-state index contributed by atoms with van der Waals surface area (Å²) in [6.07, 6.45) is 19.4. The van der Waals surface area contributed by atoms with Gasteiger partial charge in [-0.3, -0.25) is 15.3 Å². The summed E-state index contributed by atoms with van der Waals surface area (Å²) in [4.78, 5) is 21.7. The van der Waals surface area contributed by atoms with Crippen molar-refractivity contribution in [2.75, 3.05) is 0 Å². The fraction of sp³-hybridized carbons (Fsp3) is 0.909. The quantitative estimate of drug-likeness (QED) is 0.154. The van der Waals surface area contributed by atoms with Gasteiger partial charge in [0.15, 0.2) is 6.23 Å². The Bertz CT molecular complexity index is 360. The average Bonchev–Trinajstić information content (AvgIpc) is 2.63. The lowest BCUT2D eigenvalue weighted by molar-refractivity contribution is -0.152. The lowest BCUT2D eigenvalue weighted by Gasteiger charge is -2.12. The fourth-order valence-corrected chi connectivity index (χ4v) is 3.21. The second kappa shape index (κ2) is 19.7. The van der Waals surface area contributed by atoms with Crippen LogP contribution < -0.4 is 5.73 Å². The zero-order valence-electron chi connectivity index (χ0n) is 17.6. The highest BCUT2D eigenvalue weighted by atomic mass is 16.6. The molecule has 0 spiro atoms. The van der Waals surface area contributed by atoms with Gasteiger partial charge in [0, 0.05) is 0 Å². The normalized spacial score (nSPS) is 12.1. The maximum atomic E-state index is 11.4. The molecule has 0 radical (unpaired) electrons. The molecule has 160 valence electrons. The molecule has 0 aromatic carbocycles. The van der Waals surface area contributed by atoms with E-state index in [1.807, 2.05) is 0 Å². The van der Waals surface area contributed by atoms with E-state index < -0.39 is 18.2 Å². The van der Waals surface area contributed by atoms with Gasteiger partial charge in [-0.2, -0.15) is 0 Å². The molecule has 0 bridgehead atoms. The first-order valence-electron chi connectivity index (χ1n) is 11.2. The van der Waals surface area contributed by atoms with Crippen LogP contribution in [0.5, 0.6) is 0 Å². The maximum absolute atomic E-state index is 11.4. The summed E-state index contributed by atoms with van der Waals surface area (Å²) in [6.45, 7) is 2.26. The number of unbranched alkanes of at least 4 members (excludes halogenated alkanes) is 14. The fourth-order valence-electron chi connectivity index (χ4n) is 3.21. The minimum Gasteiger partial charge on any atom is -0.481 e. The summed E-state index contributed by atoms with van der Waals surface area (Å²) in [5.41, 5.74) is 5.74. The van der Waals surface area contributed by atoms with E-state index in [0.717, 1.165) is 12.8 Å². The maximum Gasteiger partial charge on any atom is 0.307 e. The van der Waals surface area contributed by atoms with Gasteiger partial charge in [-0.05, 0) is 12.8 Å². The summed E-state index contributed by atoms with van der Waals surface area (Å²) in [6, 6.07) is 0. The van der Waals surface area contributed by atoms with E-state index in [1.54, 1.807) is 0 Å². The third kappa shape index (κ3) is 21.1. The van der Waals surface area contributed by atoms with Crippen LogP contribution in [0.1, 0.15) is 122 Å². The molecule has 0 aromatic rings. The molecule has 27 heavy (non-hydrogen) atoms. The number of carbonyl (C=O) groups excluding carboxylic acids is 1. The second-order valence-electron chi connectivity index (χ2n) is 7.66. The predicted molar refractivity (Wildman–Crippen MR) is 110 cm³/mol. The summed E-state index contributed by atoms with van der Waals surface area (Å²) < 4.78 is 5.00. The molecule has 5 heteroatoms. The van der Waals surface area contributed by atoms with Crippen molar-refractivity contribution in [3.8, 4) is 0 Å². The van der Waals surface area contributed by atoms with Crippen molar-refractivity contribution < 1.29 is 19.4 Å². The Labute approximate surface area is 166 Å². The van der Waals surface area contributed by atoms with Gasteiger partial charge in [-0.15, -0.1) is 0 Å². The predicted octanol–water partition coefficient (Wildman–Crippen LogP) is 5.94. The Morgan fingerprint density at radius 3 is 1.56 bits per heavy atom. The third-order valence-electron chi connectivity index (χ3n) is 4.92. The van der Waals surface area contributed by atoms with Crippen molar-refractivity contribution in [3.05, 3.63) is 0 Å². The zero-order chi connectivity index (χ0) is 20.2. The highest BCUT2D eigenvalue weighted by molar-refractivity contribution is 5.76. The summed E-state index contributed by atoms with van der Waals surface area (Å²) in [5.74, 6) is -1.52. The Morgan fingerprint density at radius 1 is 0.741 bits per heavy atom. The van der Waals surface area contributed by atoms with Gasteiger partial charge in [-0.25, -0.2) is 0 Å². The molecule has 0 amide bonds. The van der Waals surface area contributed by atoms with E-state index in [0.29, 0.717) is 6.42 Å². The number of carboxylic acid groups (broad SMARTS) is 1. The van der Waals surface area contributed by atoms with Crippen molar-refractivity contribution in [2.24, 2.45) is 5.73 Å². The molecular formula is C22H43NO4. The summed E-state index contributed by atoms with van der Waals surface area (Å²) in [7, 11) is 0. The first kappa shape index (κ1) is 25.9. The Hall–Kier alpha value is -1.10. The molecule has 0 rings (SSSR count). The minimum atomic E-state index is -0.997. The van der Waals surface area contributed by atoms with Gasteiger partial charge >= 0.3 is 11.9 Å². The van der Waals surface area contributed by atoms with Crippen molar-refractivity contribution in [1.29, 1.82) is 0 Å². The SMILES string of the molecule is CCCCCCCCCCCCCCCCCC(N)OC(=O)CCC(=O)O. The molecule has 0 aliphatic carbocycles. The molecule has 0 aliphatic rings. The number of ether oxygens (including phenoxy) is 1. The minimum absolute atomic E-state index is 0.109. The van der Waals surface area contributed by atoms with E-state index in [2.05, 4.69) is 6.92 Å². The topological polar surface area (TPSA) is 89.6 Å². The molecule has 5 nitrogen and oxygen atoms in total. The number of carboxylic acids is 1. The molecule has 3 N–H and O–H groups in total. The Morgan fingerprint density at radius 2 is 1.15 bits per heavy atom. The largest absolute Gasteiger partial charge is 0.481 e. The smallest absolute Gasteiger partial charge is 0.307 e. The molecule has 0 fully saturated rings. The van der Waals surface area contributed by atoms with Crippen LogP contribution in [0.4, 0.5) is 0 Å². The van der Waals surface area contributed by atoms with E-state index in [9.17, 15) is 9.59 Å². The van der Waals surface area contributed by atoms with Crippen LogP contribution in [0, 0.1) is 0 Å². The van der Waals surface area contributed by atoms with E-state index in [1.165, 1.54) is 83.5 Å². The molecule has 1 atom stereocenters. The lowest BCUT2D eigenvalue weighted by Crippen LogP contribution is -2.27. The van der Waals surface area contributed by atoms with E-state index in [4.69, 9.17) is 15.6 Å². The number of hydrogen-bond donors (Lipinski definition) is 2. The monoisotopic (exact) mass is 385 g/mol. The highest BCUT2D eigenvalue weighted by Crippen LogP contribution is 2.14. The van der Waals surface area contributed by atoms with Gasteiger partial charge < -0.3 is 9.84 Å². The van der Waals surface area contributed by atoms with Gasteiger partial charge in [0.1, 0.15) is 0 Å². The van der Waals surface area contributed by atoms with Crippen LogP contribution in [0.25, 0.3) is 0 Å². The van der Waals surface area contributed by atoms with E-state index in [-0.39, 0.29) is 12.8 Å². The van der Waals surface area contributed by atoms with Gasteiger partial charge in [0.2, 0.25) is 0 Å². The van der Waals surface area contributed by atoms with Crippen molar-refractivity contribution in [3.63, 3.8) is 0 Å². The number of rotatable bonds is 20. The Balaban J connectivity index is 3.24. The van der Waals surface area contributed by atoms with Gasteiger partial charge in [0.05, 0.1) is 12.8 Å². The molecule has 0 aromatic heterocycles. The van der Waals surface area contributed by atoms with Crippen LogP contribution in [-0.2, 0) is 14.3 Å². The van der Waals surface area contributed by atoms with Gasteiger partial charge in [0.25, 0.3) is 0 Å². The third-order valence-corrected chi connectivity index (χ3v) is 4.92. The molecule has 1 unspecified atom stereocenters. The lowest BCUT2D eigenvalue weighted by atomic mass is 10.0. The molecule has 0 aliphatic heterocycles.